The van der Waals surface area contributed by atoms with Crippen LogP contribution in [0.15, 0.2) is 61.4 Å². The van der Waals surface area contributed by atoms with Crippen molar-refractivity contribution in [2.24, 2.45) is 0 Å². The molecule has 1 aliphatic rings. The number of nitrogens with zero attached hydrogens (tertiary/aromatic N) is 6. The van der Waals surface area contributed by atoms with Gasteiger partial charge in [0.05, 0.1) is 36.0 Å². The number of carbonyl (C=O) groups excluding carboxylic acids is 1. The van der Waals surface area contributed by atoms with Crippen LogP contribution in [0.3, 0.4) is 0 Å². The number of rotatable bonds is 5. The molecule has 0 saturated carbocycles. The average Bonchev–Trinajstić information content (AvgIpc) is 3.57. The van der Waals surface area contributed by atoms with Crippen LogP contribution in [0.25, 0.3) is 27.8 Å². The number of aldehydes is 1. The fourth-order valence-electron chi connectivity index (χ4n) is 4.42. The molecule has 8 heteroatoms. The van der Waals surface area contributed by atoms with E-state index in [2.05, 4.69) is 27.2 Å². The Balaban J connectivity index is 1.30. The van der Waals surface area contributed by atoms with Crippen LogP contribution in [0.5, 0.6) is 0 Å². The van der Waals surface area contributed by atoms with Crippen molar-refractivity contribution in [2.75, 3.05) is 6.61 Å². The molecule has 5 aromatic rings. The molecule has 1 saturated heterocycles. The Morgan fingerprint density at radius 3 is 2.97 bits per heavy atom. The molecule has 6 rings (SSSR count). The van der Waals surface area contributed by atoms with Gasteiger partial charge in [0.2, 0.25) is 0 Å². The van der Waals surface area contributed by atoms with Gasteiger partial charge in [-0.1, -0.05) is 12.1 Å². The van der Waals surface area contributed by atoms with Crippen molar-refractivity contribution in [1.82, 2.24) is 28.7 Å². The Morgan fingerprint density at radius 1 is 1.12 bits per heavy atom. The average molecular weight is 426 g/mol. The minimum absolute atomic E-state index is 0.00355. The van der Waals surface area contributed by atoms with Crippen molar-refractivity contribution < 1.29 is 9.53 Å². The second-order valence-corrected chi connectivity index (χ2v) is 8.16. The first kappa shape index (κ1) is 18.9. The summed E-state index contributed by atoms with van der Waals surface area (Å²) in [6, 6.07) is 9.83. The zero-order valence-corrected chi connectivity index (χ0v) is 17.5. The highest BCUT2D eigenvalue weighted by molar-refractivity contribution is 5.93. The zero-order chi connectivity index (χ0) is 21.5. The molecule has 1 fully saturated rings. The van der Waals surface area contributed by atoms with Gasteiger partial charge in [0.15, 0.2) is 12.5 Å². The molecular formula is C24H22N6O2. The molecular weight excluding hydrogens is 404 g/mol. The van der Waals surface area contributed by atoms with E-state index < -0.39 is 0 Å². The lowest BCUT2D eigenvalue weighted by Gasteiger charge is -2.23. The third-order valence-corrected chi connectivity index (χ3v) is 5.98. The van der Waals surface area contributed by atoms with Gasteiger partial charge in [-0.3, -0.25) is 4.79 Å². The van der Waals surface area contributed by atoms with E-state index in [0.29, 0.717) is 12.1 Å². The van der Waals surface area contributed by atoms with Crippen LogP contribution in [-0.4, -0.2) is 41.6 Å². The normalized spacial score (nSPS) is 16.7. The molecule has 1 atom stereocenters. The summed E-state index contributed by atoms with van der Waals surface area (Å²) in [6.45, 7) is 1.38. The topological polar surface area (TPSA) is 79.2 Å². The number of aromatic nitrogens is 6. The molecule has 8 nitrogen and oxygen atoms in total. The highest BCUT2D eigenvalue weighted by Crippen LogP contribution is 2.31. The summed E-state index contributed by atoms with van der Waals surface area (Å²) in [7, 11) is 0. The third kappa shape index (κ3) is 3.29. The highest BCUT2D eigenvalue weighted by Gasteiger charge is 2.20. The zero-order valence-electron chi connectivity index (χ0n) is 17.5. The maximum Gasteiger partial charge on any atom is 0.151 e. The van der Waals surface area contributed by atoms with Gasteiger partial charge in [0, 0.05) is 41.7 Å². The maximum absolute atomic E-state index is 11.0. The number of benzene rings is 1. The van der Waals surface area contributed by atoms with Crippen LogP contribution < -0.4 is 0 Å². The van der Waals surface area contributed by atoms with Crippen LogP contribution in [0.4, 0.5) is 0 Å². The lowest BCUT2D eigenvalue weighted by atomic mass is 10.1. The molecule has 0 amide bonds. The Labute approximate surface area is 184 Å². The van der Waals surface area contributed by atoms with E-state index >= 15 is 0 Å². The van der Waals surface area contributed by atoms with Crippen molar-refractivity contribution in [3.63, 3.8) is 0 Å². The molecule has 0 radical (unpaired) electrons. The first-order valence-electron chi connectivity index (χ1n) is 10.8. The number of carbonyl (C=O) groups is 1. The van der Waals surface area contributed by atoms with Crippen LogP contribution in [0.1, 0.15) is 41.5 Å². The van der Waals surface area contributed by atoms with Crippen LogP contribution in [0, 0.1) is 0 Å². The van der Waals surface area contributed by atoms with Crippen LogP contribution in [-0.2, 0) is 11.3 Å². The quantitative estimate of drug-likeness (QED) is 0.395. The van der Waals surface area contributed by atoms with Gasteiger partial charge in [0.1, 0.15) is 5.65 Å². The predicted octanol–water partition coefficient (Wildman–Crippen LogP) is 4.11. The van der Waals surface area contributed by atoms with Crippen molar-refractivity contribution in [1.29, 1.82) is 0 Å². The predicted molar refractivity (Wildman–Crippen MR) is 119 cm³/mol. The molecule has 160 valence electrons. The molecule has 0 N–H and O–H groups in total. The Morgan fingerprint density at radius 2 is 2.09 bits per heavy atom. The molecule has 5 heterocycles. The number of fused-ring (bicyclic) bond motifs is 2. The van der Waals surface area contributed by atoms with Crippen molar-refractivity contribution >= 4 is 22.8 Å². The summed E-state index contributed by atoms with van der Waals surface area (Å²) >= 11 is 0. The summed E-state index contributed by atoms with van der Waals surface area (Å²) in [4.78, 5) is 20.3. The number of hydrogen-bond donors (Lipinski definition) is 0. The summed E-state index contributed by atoms with van der Waals surface area (Å²) in [5, 5.41) is 5.71. The SMILES string of the molecule is O=Cc1ccc2nc(Cn3cnc(-c4cccc5c4cnn5C4CCCCO4)c3)cn2c1. The number of ether oxygens (including phenoxy) is 1. The highest BCUT2D eigenvalue weighted by atomic mass is 16.5. The molecule has 32 heavy (non-hydrogen) atoms. The van der Waals surface area contributed by atoms with E-state index in [4.69, 9.17) is 4.74 Å². The van der Waals surface area contributed by atoms with E-state index in [1.807, 2.05) is 50.7 Å². The maximum atomic E-state index is 11.0. The van der Waals surface area contributed by atoms with Crippen molar-refractivity contribution in [2.45, 2.75) is 32.0 Å². The van der Waals surface area contributed by atoms with E-state index in [9.17, 15) is 4.79 Å². The third-order valence-electron chi connectivity index (χ3n) is 5.98. The van der Waals surface area contributed by atoms with Gasteiger partial charge in [-0.15, -0.1) is 0 Å². The van der Waals surface area contributed by atoms with E-state index in [1.165, 1.54) is 0 Å². The molecule has 0 bridgehead atoms. The lowest BCUT2D eigenvalue weighted by Crippen LogP contribution is -2.18. The van der Waals surface area contributed by atoms with E-state index in [0.717, 1.165) is 65.7 Å². The van der Waals surface area contributed by atoms with Gasteiger partial charge < -0.3 is 13.7 Å². The largest absolute Gasteiger partial charge is 0.356 e. The second kappa shape index (κ2) is 7.72. The Bertz CT molecular complexity index is 1420. The first-order chi connectivity index (χ1) is 15.8. The summed E-state index contributed by atoms with van der Waals surface area (Å²) in [5.74, 6) is 0. The Kier molecular flexibility index (Phi) is 4.57. The standard InChI is InChI=1S/C24H22N6O2/c31-15-17-7-8-23-27-18(13-29(23)11-17)12-28-14-21(25-16-28)19-4-3-5-22-20(19)10-26-30(22)24-6-1-2-9-32-24/h3-5,7-8,10-11,13-16,24H,1-2,6,9,12H2. The summed E-state index contributed by atoms with van der Waals surface area (Å²) < 4.78 is 11.8. The first-order valence-corrected chi connectivity index (χ1v) is 10.8. The molecule has 0 spiro atoms. The number of hydrogen-bond acceptors (Lipinski definition) is 5. The molecule has 1 aliphatic heterocycles. The van der Waals surface area contributed by atoms with Gasteiger partial charge in [-0.25, -0.2) is 14.6 Å². The minimum Gasteiger partial charge on any atom is -0.356 e. The smallest absolute Gasteiger partial charge is 0.151 e. The molecule has 0 aliphatic carbocycles. The van der Waals surface area contributed by atoms with Crippen molar-refractivity contribution in [3.8, 4) is 11.3 Å². The second-order valence-electron chi connectivity index (χ2n) is 8.16. The van der Waals surface area contributed by atoms with Crippen LogP contribution in [0.2, 0.25) is 0 Å². The number of imidazole rings is 2. The van der Waals surface area contributed by atoms with Gasteiger partial charge in [-0.05, 0) is 37.5 Å². The van der Waals surface area contributed by atoms with Gasteiger partial charge in [0.25, 0.3) is 0 Å². The van der Waals surface area contributed by atoms with E-state index in [1.54, 1.807) is 12.3 Å². The minimum atomic E-state index is 0.00355. The van der Waals surface area contributed by atoms with Crippen LogP contribution >= 0.6 is 0 Å². The number of pyridine rings is 1. The summed E-state index contributed by atoms with van der Waals surface area (Å²) in [5.41, 5.74) is 5.35. The van der Waals surface area contributed by atoms with Gasteiger partial charge >= 0.3 is 0 Å². The molecule has 1 unspecified atom stereocenters. The lowest BCUT2D eigenvalue weighted by molar-refractivity contribution is -0.0366. The fourth-order valence-corrected chi connectivity index (χ4v) is 4.42. The van der Waals surface area contributed by atoms with Gasteiger partial charge in [-0.2, -0.15) is 5.10 Å². The molecule has 4 aromatic heterocycles. The monoisotopic (exact) mass is 426 g/mol. The van der Waals surface area contributed by atoms with Crippen molar-refractivity contribution in [3.05, 3.63) is 72.7 Å². The fraction of sp³-hybridized carbons (Fsp3) is 0.250. The summed E-state index contributed by atoms with van der Waals surface area (Å²) in [6.07, 6.45) is 13.6. The molecule has 1 aromatic carbocycles. The van der Waals surface area contributed by atoms with E-state index in [-0.39, 0.29) is 6.23 Å². The Hall–Kier alpha value is -3.78.